The van der Waals surface area contributed by atoms with Gasteiger partial charge in [0.2, 0.25) is 0 Å². The van der Waals surface area contributed by atoms with Gasteiger partial charge in [0, 0.05) is 12.3 Å². The Labute approximate surface area is 213 Å². The Kier molecular flexibility index (Phi) is 9.54. The van der Waals surface area contributed by atoms with Gasteiger partial charge in [-0.1, -0.05) is 31.5 Å². The maximum atomic E-state index is 13.6. The van der Waals surface area contributed by atoms with Crippen LogP contribution in [0.25, 0.3) is 0 Å². The van der Waals surface area contributed by atoms with E-state index in [2.05, 4.69) is 10.1 Å². The molecule has 1 fully saturated rings. The minimum Gasteiger partial charge on any atom is -0.465 e. The summed E-state index contributed by atoms with van der Waals surface area (Å²) in [6.07, 6.45) is 1.53. The number of halogens is 1. The summed E-state index contributed by atoms with van der Waals surface area (Å²) in [5.41, 5.74) is -1.21. The number of unbranched alkanes of at least 4 members (excludes halogenated alkanes) is 1. The number of hydrogen-bond donors (Lipinski definition) is 2. The van der Waals surface area contributed by atoms with Crippen LogP contribution < -0.4 is 20.9 Å². The van der Waals surface area contributed by atoms with Crippen LogP contribution in [0.15, 0.2) is 52.2 Å². The van der Waals surface area contributed by atoms with Gasteiger partial charge in [-0.2, -0.15) is 5.09 Å². The second-order valence-electron chi connectivity index (χ2n) is 8.68. The van der Waals surface area contributed by atoms with Gasteiger partial charge < -0.3 is 14.0 Å². The third kappa shape index (κ3) is 7.54. The maximum absolute atomic E-state index is 13.6. The molecule has 0 spiro atoms. The molecule has 0 amide bonds. The van der Waals surface area contributed by atoms with E-state index in [9.17, 15) is 18.9 Å². The fourth-order valence-corrected chi connectivity index (χ4v) is 5.46. The molecule has 198 valence electrons. The van der Waals surface area contributed by atoms with E-state index in [1.165, 1.54) is 23.8 Å². The SMILES string of the molecule is CCCCOC(=O)[C@@H](C)NP(=O)(OC[C@@H]1C[C@@](C)(Cl)[C@H](n2ccc(=O)[nH]c2=O)O1)Oc1ccccc1. The molecule has 3 rings (SSSR count). The van der Waals surface area contributed by atoms with Gasteiger partial charge in [0.1, 0.15) is 11.8 Å². The number of carbonyl (C=O) groups excluding carboxylic acids is 1. The van der Waals surface area contributed by atoms with Crippen LogP contribution >= 0.6 is 19.3 Å². The minimum atomic E-state index is -4.08. The Morgan fingerprint density at radius 3 is 2.72 bits per heavy atom. The second kappa shape index (κ2) is 12.2. The van der Waals surface area contributed by atoms with Gasteiger partial charge in [0.15, 0.2) is 6.23 Å². The van der Waals surface area contributed by atoms with E-state index in [-0.39, 0.29) is 25.4 Å². The molecule has 36 heavy (non-hydrogen) atoms. The van der Waals surface area contributed by atoms with Crippen molar-refractivity contribution in [3.05, 3.63) is 63.4 Å². The van der Waals surface area contributed by atoms with E-state index in [0.29, 0.717) is 6.42 Å². The first-order valence-electron chi connectivity index (χ1n) is 11.6. The van der Waals surface area contributed by atoms with E-state index in [1.807, 2.05) is 6.92 Å². The lowest BCUT2D eigenvalue weighted by Gasteiger charge is -2.24. The average Bonchev–Trinajstić information content (AvgIpc) is 3.12. The molecule has 0 radical (unpaired) electrons. The number of aromatic nitrogens is 2. The number of alkyl halides is 1. The third-order valence-corrected chi connectivity index (χ3v) is 7.40. The lowest BCUT2D eigenvalue weighted by Crippen LogP contribution is -2.37. The standard InChI is InChI=1S/C23H31ClN3O8P/c1-4-5-13-32-20(29)16(2)26-36(31,35-17-9-7-6-8-10-17)33-15-18-14-23(3,24)21(34-18)27-12-11-19(28)25-22(27)30/h6-12,16,18,21H,4-5,13-15H2,1-3H3,(H,26,31)(H,25,28,30)/t16-,18+,21-,23-,36?/m1/s1. The Balaban J connectivity index is 1.72. The lowest BCUT2D eigenvalue weighted by molar-refractivity contribution is -0.145. The molecule has 0 bridgehead atoms. The summed E-state index contributed by atoms with van der Waals surface area (Å²) in [5, 5.41) is 2.62. The quantitative estimate of drug-likeness (QED) is 0.178. The first kappa shape index (κ1) is 28.1. The van der Waals surface area contributed by atoms with Crippen LogP contribution in [-0.4, -0.2) is 45.8 Å². The number of H-pyrrole nitrogens is 1. The highest BCUT2D eigenvalue weighted by Gasteiger charge is 2.46. The summed E-state index contributed by atoms with van der Waals surface area (Å²) in [5.74, 6) is -0.320. The number of benzene rings is 1. The second-order valence-corrected chi connectivity index (χ2v) is 11.2. The number of para-hydroxylation sites is 1. The Bertz CT molecular complexity index is 1190. The first-order chi connectivity index (χ1) is 17.0. The Morgan fingerprint density at radius 1 is 1.33 bits per heavy atom. The molecule has 1 aromatic carbocycles. The van der Waals surface area contributed by atoms with E-state index >= 15 is 0 Å². The van der Waals surface area contributed by atoms with Crippen molar-refractivity contribution < 1.29 is 27.9 Å². The molecule has 2 aromatic rings. The van der Waals surface area contributed by atoms with Crippen molar-refractivity contribution in [1.82, 2.24) is 14.6 Å². The summed E-state index contributed by atoms with van der Waals surface area (Å²) in [6.45, 7) is 5.19. The highest BCUT2D eigenvalue weighted by atomic mass is 35.5. The molecule has 13 heteroatoms. The van der Waals surface area contributed by atoms with Gasteiger partial charge in [-0.3, -0.25) is 23.7 Å². The van der Waals surface area contributed by atoms with Gasteiger partial charge in [-0.25, -0.2) is 9.36 Å². The average molecular weight is 544 g/mol. The van der Waals surface area contributed by atoms with Gasteiger partial charge >= 0.3 is 19.4 Å². The largest absolute Gasteiger partial charge is 0.465 e. The van der Waals surface area contributed by atoms with Crippen molar-refractivity contribution in [3.63, 3.8) is 0 Å². The maximum Gasteiger partial charge on any atom is 0.459 e. The fourth-order valence-electron chi connectivity index (χ4n) is 3.61. The van der Waals surface area contributed by atoms with Crippen LogP contribution in [0.5, 0.6) is 5.75 Å². The zero-order valence-electron chi connectivity index (χ0n) is 20.3. The smallest absolute Gasteiger partial charge is 0.459 e. The van der Waals surface area contributed by atoms with Crippen molar-refractivity contribution in [2.75, 3.05) is 13.2 Å². The monoisotopic (exact) mass is 543 g/mol. The van der Waals surface area contributed by atoms with Crippen molar-refractivity contribution >= 4 is 25.3 Å². The fraction of sp³-hybridized carbons (Fsp3) is 0.522. The van der Waals surface area contributed by atoms with Gasteiger partial charge in [0.05, 0.1) is 24.2 Å². The number of nitrogens with one attached hydrogen (secondary N) is 2. The number of hydrogen-bond acceptors (Lipinski definition) is 8. The summed E-state index contributed by atoms with van der Waals surface area (Å²) in [4.78, 5) is 37.1. The lowest BCUT2D eigenvalue weighted by atomic mass is 10.1. The zero-order valence-corrected chi connectivity index (χ0v) is 22.0. The molecule has 0 saturated carbocycles. The van der Waals surface area contributed by atoms with E-state index in [4.69, 9.17) is 30.1 Å². The predicted octanol–water partition coefficient (Wildman–Crippen LogP) is 3.35. The Morgan fingerprint density at radius 2 is 2.06 bits per heavy atom. The molecule has 2 N–H and O–H groups in total. The molecule has 1 aliphatic rings. The molecule has 11 nitrogen and oxygen atoms in total. The molecule has 1 unspecified atom stereocenters. The third-order valence-electron chi connectivity index (χ3n) is 5.41. The van der Waals surface area contributed by atoms with Crippen LogP contribution in [0.2, 0.25) is 0 Å². The number of aromatic amines is 1. The summed E-state index contributed by atoms with van der Waals surface area (Å²) in [6, 6.07) is 8.58. The van der Waals surface area contributed by atoms with Crippen molar-refractivity contribution in [1.29, 1.82) is 0 Å². The van der Waals surface area contributed by atoms with Crippen LogP contribution in [-0.2, 0) is 23.4 Å². The number of carbonyl (C=O) groups is 1. The van der Waals surface area contributed by atoms with Crippen molar-refractivity contribution in [2.24, 2.45) is 0 Å². The molecular weight excluding hydrogens is 513 g/mol. The number of rotatable bonds is 12. The summed E-state index contributed by atoms with van der Waals surface area (Å²) < 4.78 is 37.3. The predicted molar refractivity (Wildman–Crippen MR) is 133 cm³/mol. The minimum absolute atomic E-state index is 0.217. The van der Waals surface area contributed by atoms with Crippen molar-refractivity contribution in [3.8, 4) is 5.75 Å². The summed E-state index contributed by atoms with van der Waals surface area (Å²) in [7, 11) is -4.08. The van der Waals surface area contributed by atoms with Crippen LogP contribution in [0.3, 0.4) is 0 Å². The molecule has 0 aliphatic carbocycles. The topological polar surface area (TPSA) is 138 Å². The van der Waals surface area contributed by atoms with Crippen LogP contribution in [0, 0.1) is 0 Å². The Hall–Kier alpha value is -2.43. The molecule has 5 atom stereocenters. The van der Waals surface area contributed by atoms with E-state index < -0.39 is 48.2 Å². The highest BCUT2D eigenvalue weighted by molar-refractivity contribution is 7.52. The molecule has 1 saturated heterocycles. The van der Waals surface area contributed by atoms with E-state index in [0.717, 1.165) is 6.42 Å². The van der Waals surface area contributed by atoms with E-state index in [1.54, 1.807) is 37.3 Å². The molecular formula is C23H31ClN3O8P. The number of esters is 1. The number of ether oxygens (including phenoxy) is 2. The normalized spacial score (nSPS) is 24.1. The first-order valence-corrected chi connectivity index (χ1v) is 13.5. The highest BCUT2D eigenvalue weighted by Crippen LogP contribution is 2.47. The van der Waals surface area contributed by atoms with Crippen molar-refractivity contribution in [2.45, 2.75) is 63.3 Å². The molecule has 1 aromatic heterocycles. The molecule has 2 heterocycles. The number of nitrogens with zero attached hydrogens (tertiary/aromatic N) is 1. The van der Waals surface area contributed by atoms with Gasteiger partial charge in [-0.15, -0.1) is 11.6 Å². The summed E-state index contributed by atoms with van der Waals surface area (Å²) >= 11 is 6.63. The van der Waals surface area contributed by atoms with Crippen LogP contribution in [0.1, 0.15) is 46.3 Å². The van der Waals surface area contributed by atoms with Gasteiger partial charge in [-0.05, 0) is 38.8 Å². The van der Waals surface area contributed by atoms with Crippen LogP contribution in [0.4, 0.5) is 0 Å². The molecule has 1 aliphatic heterocycles. The van der Waals surface area contributed by atoms with Gasteiger partial charge in [0.25, 0.3) is 5.56 Å². The zero-order chi connectivity index (χ0) is 26.3.